The molecule has 0 N–H and O–H groups in total. The molecule has 0 bridgehead atoms. The van der Waals surface area contributed by atoms with Crippen molar-refractivity contribution < 1.29 is 14.3 Å². The Morgan fingerprint density at radius 1 is 1.04 bits per heavy atom. The average Bonchev–Trinajstić information content (AvgIpc) is 2.93. The molecule has 26 heavy (non-hydrogen) atoms. The van der Waals surface area contributed by atoms with Gasteiger partial charge in [0.1, 0.15) is 17.8 Å². The number of fused-ring (bicyclic) bond motifs is 4. The van der Waals surface area contributed by atoms with Gasteiger partial charge in [-0.05, 0) is 55.3 Å². The number of ether oxygens (including phenoxy) is 2. The van der Waals surface area contributed by atoms with Crippen LogP contribution in [0.2, 0.25) is 0 Å². The second-order valence-electron chi connectivity index (χ2n) is 6.37. The van der Waals surface area contributed by atoms with Gasteiger partial charge in [-0.2, -0.15) is 0 Å². The van der Waals surface area contributed by atoms with Gasteiger partial charge >= 0.3 is 5.97 Å². The summed E-state index contributed by atoms with van der Waals surface area (Å²) in [5.74, 6) is 0.401. The number of hydrogen-bond acceptors (Lipinski definition) is 5. The van der Waals surface area contributed by atoms with Crippen LogP contribution in [0.4, 0.5) is 0 Å². The summed E-state index contributed by atoms with van der Waals surface area (Å²) in [5, 5.41) is 0.899. The van der Waals surface area contributed by atoms with Crippen molar-refractivity contribution >= 4 is 39.1 Å². The van der Waals surface area contributed by atoms with Gasteiger partial charge in [0.15, 0.2) is 5.65 Å². The third-order valence-corrected chi connectivity index (χ3v) is 4.78. The summed E-state index contributed by atoms with van der Waals surface area (Å²) in [6, 6.07) is 9.77. The van der Waals surface area contributed by atoms with Crippen LogP contribution in [0.5, 0.6) is 5.75 Å². The molecule has 6 nitrogen and oxygen atoms in total. The molecule has 132 valence electrons. The van der Waals surface area contributed by atoms with E-state index in [4.69, 9.17) is 19.4 Å². The fraction of sp³-hybridized carbons (Fsp3) is 0.250. The standard InChI is InChI=1S/C20H19N3O3/c1-11-7-15-16(8-12(11)2)22-20-19(21-15)14-9-13(25-3)5-6-17(14)23(20)10-18(24)26-4/h5-9H,10H2,1-4H3. The predicted octanol–water partition coefficient (Wildman–Crippen LogP) is 3.54. The molecule has 0 spiro atoms. The van der Waals surface area contributed by atoms with Crippen molar-refractivity contribution in [2.24, 2.45) is 0 Å². The maximum absolute atomic E-state index is 11.9. The van der Waals surface area contributed by atoms with E-state index in [9.17, 15) is 4.79 Å². The fourth-order valence-electron chi connectivity index (χ4n) is 3.21. The van der Waals surface area contributed by atoms with Crippen molar-refractivity contribution in [3.05, 3.63) is 41.5 Å². The number of benzene rings is 2. The number of aromatic nitrogens is 3. The van der Waals surface area contributed by atoms with Gasteiger partial charge in [0, 0.05) is 5.39 Å². The van der Waals surface area contributed by atoms with E-state index in [-0.39, 0.29) is 12.5 Å². The number of hydrogen-bond donors (Lipinski definition) is 0. The maximum atomic E-state index is 11.9. The SMILES string of the molecule is COC(=O)Cn1c2ccc(OC)cc2c2nc3cc(C)c(C)cc3nc21. The van der Waals surface area contributed by atoms with Crippen LogP contribution < -0.4 is 4.74 Å². The summed E-state index contributed by atoms with van der Waals surface area (Å²) in [5.41, 5.74) is 6.25. The molecular weight excluding hydrogens is 330 g/mol. The van der Waals surface area contributed by atoms with E-state index in [1.807, 2.05) is 34.9 Å². The number of methoxy groups -OCH3 is 2. The number of aryl methyl sites for hydroxylation is 2. The second-order valence-corrected chi connectivity index (χ2v) is 6.37. The van der Waals surface area contributed by atoms with Gasteiger partial charge in [-0.1, -0.05) is 0 Å². The van der Waals surface area contributed by atoms with Crippen molar-refractivity contribution in [2.75, 3.05) is 14.2 Å². The van der Waals surface area contributed by atoms with Crippen LogP contribution in [0, 0.1) is 13.8 Å². The highest BCUT2D eigenvalue weighted by Crippen LogP contribution is 2.31. The zero-order chi connectivity index (χ0) is 18.4. The Hall–Kier alpha value is -3.15. The molecule has 0 aliphatic rings. The predicted molar refractivity (Wildman–Crippen MR) is 101 cm³/mol. The van der Waals surface area contributed by atoms with Crippen LogP contribution in [-0.4, -0.2) is 34.7 Å². The topological polar surface area (TPSA) is 66.2 Å². The Bertz CT molecular complexity index is 1180. The van der Waals surface area contributed by atoms with E-state index in [0.717, 1.165) is 38.8 Å². The molecule has 0 saturated carbocycles. The Labute approximate surface area is 150 Å². The summed E-state index contributed by atoms with van der Waals surface area (Å²) >= 11 is 0. The first kappa shape index (κ1) is 16.3. The normalized spacial score (nSPS) is 11.4. The minimum Gasteiger partial charge on any atom is -0.497 e. The third-order valence-electron chi connectivity index (χ3n) is 4.78. The monoisotopic (exact) mass is 349 g/mol. The molecular formula is C20H19N3O3. The molecule has 0 saturated heterocycles. The Morgan fingerprint density at radius 2 is 1.73 bits per heavy atom. The molecule has 2 heterocycles. The summed E-state index contributed by atoms with van der Waals surface area (Å²) in [7, 11) is 3.01. The van der Waals surface area contributed by atoms with Gasteiger partial charge in [-0.15, -0.1) is 0 Å². The lowest BCUT2D eigenvalue weighted by atomic mass is 10.1. The van der Waals surface area contributed by atoms with Gasteiger partial charge in [-0.3, -0.25) is 4.79 Å². The Balaban J connectivity index is 2.12. The third kappa shape index (κ3) is 2.45. The molecule has 6 heteroatoms. The molecule has 4 rings (SSSR count). The van der Waals surface area contributed by atoms with Crippen molar-refractivity contribution in [2.45, 2.75) is 20.4 Å². The highest BCUT2D eigenvalue weighted by molar-refractivity contribution is 6.07. The van der Waals surface area contributed by atoms with Gasteiger partial charge in [-0.25, -0.2) is 9.97 Å². The summed E-state index contributed by atoms with van der Waals surface area (Å²) < 4.78 is 12.1. The first-order valence-electron chi connectivity index (χ1n) is 8.33. The van der Waals surface area contributed by atoms with Gasteiger partial charge in [0.05, 0.1) is 30.8 Å². The lowest BCUT2D eigenvalue weighted by Gasteiger charge is -2.06. The largest absolute Gasteiger partial charge is 0.497 e. The highest BCUT2D eigenvalue weighted by Gasteiger charge is 2.18. The zero-order valence-corrected chi connectivity index (χ0v) is 15.2. The van der Waals surface area contributed by atoms with E-state index in [2.05, 4.69) is 13.8 Å². The molecule has 0 aliphatic heterocycles. The van der Waals surface area contributed by atoms with Crippen LogP contribution in [0.3, 0.4) is 0 Å². The summed E-state index contributed by atoms with van der Waals surface area (Å²) in [6.07, 6.45) is 0. The van der Waals surface area contributed by atoms with Crippen molar-refractivity contribution in [1.82, 2.24) is 14.5 Å². The zero-order valence-electron chi connectivity index (χ0n) is 15.2. The van der Waals surface area contributed by atoms with Crippen molar-refractivity contribution in [3.8, 4) is 5.75 Å². The summed E-state index contributed by atoms with van der Waals surface area (Å²) in [6.45, 7) is 4.19. The molecule has 0 unspecified atom stereocenters. The quantitative estimate of drug-likeness (QED) is 0.529. The molecule has 0 fully saturated rings. The minimum atomic E-state index is -0.332. The number of rotatable bonds is 3. The van der Waals surface area contributed by atoms with E-state index in [1.165, 1.54) is 12.7 Å². The molecule has 4 aromatic rings. The van der Waals surface area contributed by atoms with Crippen molar-refractivity contribution in [3.63, 3.8) is 0 Å². The molecule has 2 aromatic carbocycles. The smallest absolute Gasteiger partial charge is 0.325 e. The highest BCUT2D eigenvalue weighted by atomic mass is 16.5. The number of carbonyl (C=O) groups is 1. The van der Waals surface area contributed by atoms with E-state index in [0.29, 0.717) is 5.65 Å². The number of nitrogens with zero attached hydrogens (tertiary/aromatic N) is 3. The van der Waals surface area contributed by atoms with E-state index >= 15 is 0 Å². The lowest BCUT2D eigenvalue weighted by molar-refractivity contribution is -0.141. The molecule has 0 aliphatic carbocycles. The first-order valence-corrected chi connectivity index (χ1v) is 8.33. The van der Waals surface area contributed by atoms with Crippen LogP contribution >= 0.6 is 0 Å². The summed E-state index contributed by atoms with van der Waals surface area (Å²) in [4.78, 5) is 21.6. The lowest BCUT2D eigenvalue weighted by Crippen LogP contribution is -2.11. The fourth-order valence-corrected chi connectivity index (χ4v) is 3.21. The van der Waals surface area contributed by atoms with Crippen LogP contribution in [0.25, 0.3) is 33.1 Å². The van der Waals surface area contributed by atoms with Gasteiger partial charge < -0.3 is 14.0 Å². The van der Waals surface area contributed by atoms with E-state index < -0.39 is 0 Å². The minimum absolute atomic E-state index is 0.0772. The van der Waals surface area contributed by atoms with Crippen molar-refractivity contribution in [1.29, 1.82) is 0 Å². The second kappa shape index (κ2) is 5.98. The average molecular weight is 349 g/mol. The van der Waals surface area contributed by atoms with Gasteiger partial charge in [0.25, 0.3) is 0 Å². The number of esters is 1. The molecule has 0 radical (unpaired) electrons. The Kier molecular flexibility index (Phi) is 3.76. The molecule has 2 aromatic heterocycles. The van der Waals surface area contributed by atoms with Crippen LogP contribution in [0.1, 0.15) is 11.1 Å². The molecule has 0 amide bonds. The number of carbonyl (C=O) groups excluding carboxylic acids is 1. The van der Waals surface area contributed by atoms with Crippen LogP contribution in [-0.2, 0) is 16.1 Å². The Morgan fingerprint density at radius 3 is 2.38 bits per heavy atom. The van der Waals surface area contributed by atoms with E-state index in [1.54, 1.807) is 7.11 Å². The van der Waals surface area contributed by atoms with Crippen LogP contribution in [0.15, 0.2) is 30.3 Å². The first-order chi connectivity index (χ1) is 12.5. The van der Waals surface area contributed by atoms with Gasteiger partial charge in [0.2, 0.25) is 0 Å². The molecule has 0 atom stereocenters. The maximum Gasteiger partial charge on any atom is 0.325 e.